The van der Waals surface area contributed by atoms with Crippen LogP contribution in [0.15, 0.2) is 24.4 Å². The molecule has 10 heteroatoms. The van der Waals surface area contributed by atoms with Gasteiger partial charge in [0.1, 0.15) is 0 Å². The Labute approximate surface area is 242 Å². The summed E-state index contributed by atoms with van der Waals surface area (Å²) in [6, 6.07) is -0.261. The molecule has 0 radical (unpaired) electrons. The molecule has 0 aromatic carbocycles. The van der Waals surface area contributed by atoms with E-state index in [1.807, 2.05) is 27.7 Å². The van der Waals surface area contributed by atoms with Crippen LogP contribution < -0.4 is 35.3 Å². The van der Waals surface area contributed by atoms with Crippen molar-refractivity contribution in [3.05, 3.63) is 47.0 Å². The largest absolute Gasteiger partial charge is 1.00 e. The number of nitrogens with two attached hydrogens (primary N) is 1. The number of anilines is 1. The first-order valence-corrected chi connectivity index (χ1v) is 12.6. The van der Waals surface area contributed by atoms with Crippen LogP contribution in [-0.2, 0) is 4.79 Å². The number of rotatable bonds is 8. The Morgan fingerprint density at radius 1 is 1.43 bits per heavy atom. The first-order chi connectivity index (χ1) is 16.1. The average Bonchev–Trinajstić information content (AvgIpc) is 2.87. The first kappa shape index (κ1) is 36.0. The Morgan fingerprint density at radius 2 is 2.03 bits per heavy atom. The van der Waals surface area contributed by atoms with Crippen molar-refractivity contribution in [3.63, 3.8) is 0 Å². The van der Waals surface area contributed by atoms with Crippen LogP contribution >= 0.6 is 24.2 Å². The zero-order chi connectivity index (χ0) is 26.4. The second kappa shape index (κ2) is 19.0. The van der Waals surface area contributed by atoms with Crippen LogP contribution in [0.2, 0.25) is 5.15 Å². The molecule has 6 nitrogen and oxygen atoms in total. The summed E-state index contributed by atoms with van der Waals surface area (Å²) in [7, 11) is 0. The number of thiol groups is 1. The molecule has 0 saturated carbocycles. The molecular formula is C25H37ClFN4NaO2S. The number of carbonyl (C=O) groups is 2. The number of hydrogen-bond acceptors (Lipinski definition) is 6. The molecule has 1 amide bonds. The summed E-state index contributed by atoms with van der Waals surface area (Å²) in [6.07, 6.45) is 11.1. The maximum absolute atomic E-state index is 13.9. The predicted octanol–water partition coefficient (Wildman–Crippen LogP) is 2.97. The minimum atomic E-state index is -0.881. The molecule has 0 aliphatic carbocycles. The second-order valence-corrected chi connectivity index (χ2v) is 7.96. The van der Waals surface area contributed by atoms with Gasteiger partial charge in [0.15, 0.2) is 16.8 Å². The monoisotopic (exact) mass is 534 g/mol. The molecule has 0 spiro atoms. The quantitative estimate of drug-likeness (QED) is 0.119. The SMILES string of the molecule is C=CC(=O)C(C)CC.CCCC(=N)C1=[C-]CCN(C(=O)c2cnc(Cl)c(F)c2N)C1CC.CS.[Na+]. The third kappa shape index (κ3) is 10.4. The second-order valence-electron chi connectivity index (χ2n) is 7.60. The fourth-order valence-corrected chi connectivity index (χ4v) is 3.46. The summed E-state index contributed by atoms with van der Waals surface area (Å²) in [6.45, 7) is 11.7. The van der Waals surface area contributed by atoms with Crippen LogP contribution in [0.4, 0.5) is 10.1 Å². The number of nitrogen functional groups attached to an aromatic ring is 1. The van der Waals surface area contributed by atoms with Crippen LogP contribution in [0.5, 0.6) is 0 Å². The van der Waals surface area contributed by atoms with Gasteiger partial charge in [-0.15, -0.1) is 5.71 Å². The van der Waals surface area contributed by atoms with E-state index in [4.69, 9.17) is 22.7 Å². The number of pyridine rings is 1. The van der Waals surface area contributed by atoms with Gasteiger partial charge in [-0.2, -0.15) is 18.2 Å². The van der Waals surface area contributed by atoms with E-state index in [2.05, 4.69) is 30.3 Å². The van der Waals surface area contributed by atoms with E-state index in [1.165, 1.54) is 12.3 Å². The predicted molar refractivity (Wildman–Crippen MR) is 142 cm³/mol. The fraction of sp³-hybridized carbons (Fsp3) is 0.520. The van der Waals surface area contributed by atoms with Crippen molar-refractivity contribution in [2.24, 2.45) is 5.92 Å². The van der Waals surface area contributed by atoms with Crippen LogP contribution in [0.1, 0.15) is 70.2 Å². The Morgan fingerprint density at radius 3 is 2.49 bits per heavy atom. The Hall–Kier alpha value is -1.19. The van der Waals surface area contributed by atoms with Gasteiger partial charge in [0.25, 0.3) is 5.91 Å². The van der Waals surface area contributed by atoms with Crippen molar-refractivity contribution in [1.29, 1.82) is 5.41 Å². The van der Waals surface area contributed by atoms with E-state index in [1.54, 1.807) is 11.2 Å². The van der Waals surface area contributed by atoms with Gasteiger partial charge in [-0.1, -0.05) is 65.1 Å². The normalized spacial score (nSPS) is 15.1. The summed E-state index contributed by atoms with van der Waals surface area (Å²) in [4.78, 5) is 28.8. The van der Waals surface area contributed by atoms with E-state index in [0.717, 1.165) is 18.4 Å². The standard InChI is InChI=1S/C17H21ClFN4O.C7H12O.CH4S.Na/c1-3-6-12(20)10-7-5-8-23(13(10)4-2)17(24)11-9-22-16(18)14(19)15(11)21;1-4-6(3)7(8)5-2;1-2;/h9,13,20H,3-6,8H2,1-2H3,(H2,21,22);5-6H,2,4H2,1,3H3;2H,1H3;/q-1;;;+1. The van der Waals surface area contributed by atoms with Gasteiger partial charge in [0, 0.05) is 24.7 Å². The maximum atomic E-state index is 13.9. The average molecular weight is 535 g/mol. The van der Waals surface area contributed by atoms with Gasteiger partial charge in [-0.25, -0.2) is 9.37 Å². The smallest absolute Gasteiger partial charge is 0.399 e. The molecule has 1 aliphatic rings. The van der Waals surface area contributed by atoms with Crippen molar-refractivity contribution in [2.75, 3.05) is 18.5 Å². The van der Waals surface area contributed by atoms with Crippen molar-refractivity contribution in [2.45, 2.75) is 65.8 Å². The van der Waals surface area contributed by atoms with Crippen LogP contribution in [0, 0.1) is 23.2 Å². The van der Waals surface area contributed by atoms with Gasteiger partial charge in [-0.05, 0) is 25.2 Å². The zero-order valence-electron chi connectivity index (χ0n) is 21.8. The fourth-order valence-electron chi connectivity index (χ4n) is 3.30. The van der Waals surface area contributed by atoms with E-state index >= 15 is 0 Å². The molecule has 3 N–H and O–H groups in total. The molecule has 2 unspecified atom stereocenters. The molecule has 1 aliphatic heterocycles. The Kier molecular flexibility index (Phi) is 19.5. The molecule has 2 heterocycles. The minimum absolute atomic E-state index is 0. The Bertz CT molecular complexity index is 898. The third-order valence-corrected chi connectivity index (χ3v) is 5.66. The van der Waals surface area contributed by atoms with E-state index in [0.29, 0.717) is 31.5 Å². The van der Waals surface area contributed by atoms with E-state index in [9.17, 15) is 14.0 Å². The van der Waals surface area contributed by atoms with Gasteiger partial charge in [0.05, 0.1) is 11.3 Å². The zero-order valence-corrected chi connectivity index (χ0v) is 25.4. The van der Waals surface area contributed by atoms with Gasteiger partial charge in [-0.3, -0.25) is 15.7 Å². The van der Waals surface area contributed by atoms with Gasteiger partial charge >= 0.3 is 29.6 Å². The molecular weight excluding hydrogens is 498 g/mol. The number of nitrogens with zero attached hydrogens (tertiary/aromatic N) is 2. The van der Waals surface area contributed by atoms with Crippen molar-refractivity contribution < 1.29 is 43.5 Å². The van der Waals surface area contributed by atoms with Crippen molar-refractivity contribution >= 4 is 47.3 Å². The number of hydrogen-bond donors (Lipinski definition) is 3. The first-order valence-electron chi connectivity index (χ1n) is 11.3. The van der Waals surface area contributed by atoms with Gasteiger partial charge < -0.3 is 16.0 Å². The number of carbonyl (C=O) groups excluding carboxylic acids is 2. The molecule has 2 rings (SSSR count). The Balaban J connectivity index is 0. The third-order valence-electron chi connectivity index (χ3n) is 5.39. The topological polar surface area (TPSA) is 100 Å². The molecule has 0 saturated heterocycles. The summed E-state index contributed by atoms with van der Waals surface area (Å²) < 4.78 is 13.9. The summed E-state index contributed by atoms with van der Waals surface area (Å²) >= 11 is 9.13. The maximum Gasteiger partial charge on any atom is 1.00 e. The van der Waals surface area contributed by atoms with E-state index in [-0.39, 0.29) is 63.7 Å². The molecule has 190 valence electrons. The van der Waals surface area contributed by atoms with Crippen LogP contribution in [0.3, 0.4) is 0 Å². The summed E-state index contributed by atoms with van der Waals surface area (Å²) in [5.74, 6) is -0.973. The van der Waals surface area contributed by atoms with Crippen molar-refractivity contribution in [3.8, 4) is 0 Å². The summed E-state index contributed by atoms with van der Waals surface area (Å²) in [5.41, 5.74) is 6.66. The number of nitrogens with one attached hydrogen (secondary N) is 1. The van der Waals surface area contributed by atoms with Crippen molar-refractivity contribution in [1.82, 2.24) is 9.88 Å². The number of allylic oxidation sites excluding steroid dienone is 1. The molecule has 2 atom stereocenters. The number of amides is 1. The number of aromatic nitrogens is 1. The molecule has 0 fully saturated rings. The van der Waals surface area contributed by atoms with Crippen LogP contribution in [0.25, 0.3) is 0 Å². The van der Waals surface area contributed by atoms with Gasteiger partial charge in [0.2, 0.25) is 0 Å². The van der Waals surface area contributed by atoms with Crippen LogP contribution in [-0.4, -0.2) is 46.1 Å². The number of halogens is 2. The summed E-state index contributed by atoms with van der Waals surface area (Å²) in [5, 5.41) is 7.85. The molecule has 1 aromatic rings. The molecule has 1 aromatic heterocycles. The minimum Gasteiger partial charge on any atom is -0.399 e. The molecule has 0 bridgehead atoms. The number of ketones is 1. The van der Waals surface area contributed by atoms with E-state index < -0.39 is 11.7 Å². The molecule has 35 heavy (non-hydrogen) atoms.